The first-order valence-corrected chi connectivity index (χ1v) is 7.24. The monoisotopic (exact) mass is 331 g/mol. The van der Waals surface area contributed by atoms with E-state index in [1.807, 2.05) is 0 Å². The van der Waals surface area contributed by atoms with E-state index in [4.69, 9.17) is 9.05 Å². The number of rotatable bonds is 6. The van der Waals surface area contributed by atoms with E-state index >= 15 is 0 Å². The molecule has 24 heavy (non-hydrogen) atoms. The number of nitrogens with one attached hydrogen (secondary N) is 1. The van der Waals surface area contributed by atoms with Crippen molar-refractivity contribution in [2.24, 2.45) is 0 Å². The largest absolute Gasteiger partial charge is 0.345 e. The zero-order valence-electron chi connectivity index (χ0n) is 12.8. The first kappa shape index (κ1) is 15.8. The fourth-order valence-electron chi connectivity index (χ4n) is 1.97. The van der Waals surface area contributed by atoms with Gasteiger partial charge in [0.15, 0.2) is 5.82 Å². The molecule has 2 aromatic heterocycles. The summed E-state index contributed by atoms with van der Waals surface area (Å²) in [6.45, 7) is 1.97. The van der Waals surface area contributed by atoms with Gasteiger partial charge < -0.3 is 14.4 Å². The highest BCUT2D eigenvalue weighted by atomic mass is 19.1. The molecule has 0 aliphatic heterocycles. The highest BCUT2D eigenvalue weighted by molar-refractivity contribution is 5.90. The van der Waals surface area contributed by atoms with Crippen molar-refractivity contribution >= 4 is 5.91 Å². The molecular formula is C15H14FN5O3. The third kappa shape index (κ3) is 4.00. The van der Waals surface area contributed by atoms with Crippen LogP contribution in [0.2, 0.25) is 0 Å². The number of aryl methyl sites for hydroxylation is 3. The van der Waals surface area contributed by atoms with E-state index in [9.17, 15) is 9.18 Å². The maximum Gasteiger partial charge on any atom is 0.292 e. The summed E-state index contributed by atoms with van der Waals surface area (Å²) in [5, 5.41) is 9.95. The van der Waals surface area contributed by atoms with Crippen LogP contribution in [0.1, 0.15) is 33.8 Å². The van der Waals surface area contributed by atoms with Crippen molar-refractivity contribution in [1.82, 2.24) is 25.6 Å². The van der Waals surface area contributed by atoms with Gasteiger partial charge in [-0.05, 0) is 24.6 Å². The molecule has 0 saturated carbocycles. The number of halogens is 1. The number of aromatic nitrogens is 4. The zero-order valence-corrected chi connectivity index (χ0v) is 12.8. The van der Waals surface area contributed by atoms with Gasteiger partial charge in [0, 0.05) is 19.4 Å². The predicted molar refractivity (Wildman–Crippen MR) is 78.3 cm³/mol. The van der Waals surface area contributed by atoms with Gasteiger partial charge in [-0.1, -0.05) is 22.4 Å². The summed E-state index contributed by atoms with van der Waals surface area (Å²) >= 11 is 0. The van der Waals surface area contributed by atoms with E-state index in [0.29, 0.717) is 30.4 Å². The molecule has 9 heteroatoms. The second-order valence-corrected chi connectivity index (χ2v) is 5.06. The number of nitrogens with zero attached hydrogens (tertiary/aromatic N) is 4. The molecule has 2 heterocycles. The summed E-state index contributed by atoms with van der Waals surface area (Å²) in [6.07, 6.45) is 0.833. The van der Waals surface area contributed by atoms with E-state index < -0.39 is 5.91 Å². The molecule has 0 bridgehead atoms. The molecule has 0 aliphatic rings. The van der Waals surface area contributed by atoms with Crippen molar-refractivity contribution in [3.8, 4) is 0 Å². The highest BCUT2D eigenvalue weighted by Gasteiger charge is 2.15. The van der Waals surface area contributed by atoms with Crippen LogP contribution in [0.15, 0.2) is 33.3 Å². The van der Waals surface area contributed by atoms with Crippen LogP contribution in [0.25, 0.3) is 0 Å². The maximum absolute atomic E-state index is 12.8. The molecule has 1 N–H and O–H groups in total. The minimum Gasteiger partial charge on any atom is -0.345 e. The second-order valence-electron chi connectivity index (χ2n) is 5.06. The first-order chi connectivity index (χ1) is 11.6. The number of carbonyl (C=O) groups excluding carboxylic acids is 1. The molecule has 8 nitrogen and oxygen atoms in total. The van der Waals surface area contributed by atoms with Crippen molar-refractivity contribution in [2.45, 2.75) is 26.3 Å². The molecule has 1 amide bonds. The van der Waals surface area contributed by atoms with Gasteiger partial charge in [0.1, 0.15) is 5.82 Å². The van der Waals surface area contributed by atoms with E-state index in [-0.39, 0.29) is 18.2 Å². The van der Waals surface area contributed by atoms with E-state index in [0.717, 1.165) is 5.56 Å². The first-order valence-electron chi connectivity index (χ1n) is 7.24. The van der Waals surface area contributed by atoms with Gasteiger partial charge in [-0.15, -0.1) is 0 Å². The van der Waals surface area contributed by atoms with Crippen LogP contribution >= 0.6 is 0 Å². The van der Waals surface area contributed by atoms with Gasteiger partial charge in [0.2, 0.25) is 11.8 Å². The van der Waals surface area contributed by atoms with Crippen LogP contribution < -0.4 is 5.32 Å². The minimum absolute atomic E-state index is 0.0613. The molecule has 0 unspecified atom stereocenters. The van der Waals surface area contributed by atoms with Gasteiger partial charge in [-0.2, -0.15) is 9.97 Å². The molecule has 0 spiro atoms. The average Bonchev–Trinajstić information content (AvgIpc) is 3.21. The Balaban J connectivity index is 1.52. The van der Waals surface area contributed by atoms with Crippen LogP contribution in [0.5, 0.6) is 0 Å². The summed E-state index contributed by atoms with van der Waals surface area (Å²) in [5.74, 6) is 0.461. The van der Waals surface area contributed by atoms with Crippen LogP contribution in [0.3, 0.4) is 0 Å². The SMILES string of the molecule is Cc1noc(CCc2nc(C(=O)NCc3ccc(F)cc3)no2)n1. The van der Waals surface area contributed by atoms with Gasteiger partial charge in [-0.25, -0.2) is 4.39 Å². The van der Waals surface area contributed by atoms with Crippen LogP contribution in [0.4, 0.5) is 4.39 Å². The van der Waals surface area contributed by atoms with Gasteiger partial charge in [0.25, 0.3) is 11.7 Å². The minimum atomic E-state index is -0.469. The quantitative estimate of drug-likeness (QED) is 0.731. The Hall–Kier alpha value is -3.10. The van der Waals surface area contributed by atoms with Crippen molar-refractivity contribution < 1.29 is 18.2 Å². The molecule has 0 saturated heterocycles. The highest BCUT2D eigenvalue weighted by Crippen LogP contribution is 2.06. The maximum atomic E-state index is 12.8. The fourth-order valence-corrected chi connectivity index (χ4v) is 1.97. The molecule has 124 valence electrons. The predicted octanol–water partition coefficient (Wildman–Crippen LogP) is 1.62. The van der Waals surface area contributed by atoms with Crippen molar-refractivity contribution in [1.29, 1.82) is 0 Å². The third-order valence-electron chi connectivity index (χ3n) is 3.16. The lowest BCUT2D eigenvalue weighted by molar-refractivity contribution is 0.0937. The lowest BCUT2D eigenvalue weighted by Gasteiger charge is -2.02. The Morgan fingerprint density at radius 2 is 1.75 bits per heavy atom. The van der Waals surface area contributed by atoms with Gasteiger partial charge >= 0.3 is 0 Å². The number of hydrogen-bond acceptors (Lipinski definition) is 7. The summed E-state index contributed by atoms with van der Waals surface area (Å²) in [7, 11) is 0. The average molecular weight is 331 g/mol. The van der Waals surface area contributed by atoms with E-state index in [2.05, 4.69) is 25.6 Å². The standard InChI is InChI=1S/C15H14FN5O3/c1-9-18-12(23-20-9)6-7-13-19-14(21-24-13)15(22)17-8-10-2-4-11(16)5-3-10/h2-5H,6-8H2,1H3,(H,17,22). The number of amides is 1. The Labute approximate surface area is 136 Å². The fraction of sp³-hybridized carbons (Fsp3) is 0.267. The zero-order chi connectivity index (χ0) is 16.9. The van der Waals surface area contributed by atoms with Crippen molar-refractivity contribution in [3.63, 3.8) is 0 Å². The van der Waals surface area contributed by atoms with E-state index in [1.165, 1.54) is 12.1 Å². The molecule has 3 aromatic rings. The number of carbonyl (C=O) groups is 1. The third-order valence-corrected chi connectivity index (χ3v) is 3.16. The lowest BCUT2D eigenvalue weighted by Crippen LogP contribution is -2.24. The molecule has 1 aromatic carbocycles. The van der Waals surface area contributed by atoms with Crippen LogP contribution in [0, 0.1) is 12.7 Å². The number of hydrogen-bond donors (Lipinski definition) is 1. The van der Waals surface area contributed by atoms with E-state index in [1.54, 1.807) is 19.1 Å². The Morgan fingerprint density at radius 1 is 1.08 bits per heavy atom. The number of benzene rings is 1. The molecule has 3 rings (SSSR count). The summed E-state index contributed by atoms with van der Waals surface area (Å²) in [6, 6.07) is 5.83. The lowest BCUT2D eigenvalue weighted by atomic mass is 10.2. The van der Waals surface area contributed by atoms with Gasteiger partial charge in [0.05, 0.1) is 0 Å². The Kier molecular flexibility index (Phi) is 4.59. The van der Waals surface area contributed by atoms with Crippen molar-refractivity contribution in [3.05, 3.63) is 59.1 Å². The molecule has 0 atom stereocenters. The molecule has 0 radical (unpaired) electrons. The molecule has 0 aliphatic carbocycles. The Morgan fingerprint density at radius 3 is 2.42 bits per heavy atom. The normalized spacial score (nSPS) is 10.8. The van der Waals surface area contributed by atoms with Crippen LogP contribution in [-0.2, 0) is 19.4 Å². The van der Waals surface area contributed by atoms with Crippen LogP contribution in [-0.4, -0.2) is 26.2 Å². The second kappa shape index (κ2) is 6.99. The molecule has 0 fully saturated rings. The summed E-state index contributed by atoms with van der Waals surface area (Å²) in [5.41, 5.74) is 0.764. The van der Waals surface area contributed by atoms with Gasteiger partial charge in [-0.3, -0.25) is 4.79 Å². The summed E-state index contributed by atoms with van der Waals surface area (Å²) < 4.78 is 22.8. The summed E-state index contributed by atoms with van der Waals surface area (Å²) in [4.78, 5) is 20.0. The molecular weight excluding hydrogens is 317 g/mol. The smallest absolute Gasteiger partial charge is 0.292 e. The topological polar surface area (TPSA) is 107 Å². The Bertz CT molecular complexity index is 828. The van der Waals surface area contributed by atoms with Crippen molar-refractivity contribution in [2.75, 3.05) is 0 Å².